The van der Waals surface area contributed by atoms with E-state index in [9.17, 15) is 10.1 Å². The van der Waals surface area contributed by atoms with Gasteiger partial charge in [-0.05, 0) is 32.3 Å². The van der Waals surface area contributed by atoms with Gasteiger partial charge in [-0.2, -0.15) is 10.4 Å². The fourth-order valence-electron chi connectivity index (χ4n) is 1.95. The number of rotatable bonds is 6. The van der Waals surface area contributed by atoms with Crippen LogP contribution < -0.4 is 5.32 Å². The number of nitriles is 1. The Morgan fingerprint density at radius 2 is 2.00 bits per heavy atom. The van der Waals surface area contributed by atoms with Crippen molar-refractivity contribution in [2.75, 3.05) is 5.32 Å². The van der Waals surface area contributed by atoms with Gasteiger partial charge in [0.2, 0.25) is 0 Å². The molecular formula is C14H20N4O2. The van der Waals surface area contributed by atoms with Gasteiger partial charge in [-0.25, -0.2) is 0 Å². The number of anilines is 1. The Bertz CT molecular complexity index is 537. The van der Waals surface area contributed by atoms with Crippen molar-refractivity contribution in [1.29, 1.82) is 5.26 Å². The average molecular weight is 276 g/mol. The molecule has 0 amide bonds. The van der Waals surface area contributed by atoms with Crippen LogP contribution in [0.4, 0.5) is 5.82 Å². The maximum atomic E-state index is 11.0. The number of nitrogens with zero attached hydrogens (tertiary/aromatic N) is 3. The Morgan fingerprint density at radius 3 is 2.45 bits per heavy atom. The molecule has 6 heteroatoms. The third-order valence-electron chi connectivity index (χ3n) is 3.46. The van der Waals surface area contributed by atoms with Crippen molar-refractivity contribution in [1.82, 2.24) is 10.2 Å². The summed E-state index contributed by atoms with van der Waals surface area (Å²) in [4.78, 5) is 11.0. The number of hydrogen-bond donors (Lipinski definition) is 2. The van der Waals surface area contributed by atoms with Gasteiger partial charge in [-0.3, -0.25) is 4.79 Å². The molecule has 0 aliphatic heterocycles. The lowest BCUT2D eigenvalue weighted by Crippen LogP contribution is -2.30. The van der Waals surface area contributed by atoms with Crippen LogP contribution in [0.5, 0.6) is 0 Å². The molecule has 0 saturated carbocycles. The van der Waals surface area contributed by atoms with E-state index in [1.807, 2.05) is 13.8 Å². The minimum atomic E-state index is -0.891. The first-order valence-corrected chi connectivity index (χ1v) is 6.74. The van der Waals surface area contributed by atoms with Gasteiger partial charge in [-0.15, -0.1) is 5.10 Å². The molecule has 0 bridgehead atoms. The van der Waals surface area contributed by atoms with Crippen LogP contribution in [0.3, 0.4) is 0 Å². The highest BCUT2D eigenvalue weighted by molar-refractivity contribution is 5.71. The topological polar surface area (TPSA) is 98.9 Å². The van der Waals surface area contributed by atoms with Gasteiger partial charge in [0, 0.05) is 6.04 Å². The fourth-order valence-corrected chi connectivity index (χ4v) is 1.95. The van der Waals surface area contributed by atoms with Crippen LogP contribution in [0.1, 0.15) is 44.5 Å². The quantitative estimate of drug-likeness (QED) is 0.824. The standard InChI is InChI=1S/C14H20N4O2/c1-5-10-11(7-15)13(18-17-12(10)6-2)16-9(4)8(3)14(19)20/h8-9H,5-6H2,1-4H3,(H,16,18)(H,19,20). The maximum absolute atomic E-state index is 11.0. The lowest BCUT2D eigenvalue weighted by atomic mass is 10.0. The predicted octanol–water partition coefficient (Wildman–Crippen LogP) is 1.99. The van der Waals surface area contributed by atoms with Gasteiger partial charge < -0.3 is 10.4 Å². The molecule has 0 aromatic carbocycles. The number of aryl methyl sites for hydroxylation is 1. The lowest BCUT2D eigenvalue weighted by Gasteiger charge is -2.20. The summed E-state index contributed by atoms with van der Waals surface area (Å²) in [6.45, 7) is 7.29. The monoisotopic (exact) mass is 276 g/mol. The van der Waals surface area contributed by atoms with Crippen LogP contribution in [-0.2, 0) is 17.6 Å². The first-order valence-electron chi connectivity index (χ1n) is 6.74. The van der Waals surface area contributed by atoms with Crippen LogP contribution in [0, 0.1) is 17.2 Å². The van der Waals surface area contributed by atoms with Gasteiger partial charge in [0.15, 0.2) is 5.82 Å². The van der Waals surface area contributed by atoms with Crippen LogP contribution in [0.25, 0.3) is 0 Å². The van der Waals surface area contributed by atoms with E-state index in [1.165, 1.54) is 0 Å². The minimum Gasteiger partial charge on any atom is -0.481 e. The highest BCUT2D eigenvalue weighted by atomic mass is 16.4. The number of aliphatic carboxylic acids is 1. The number of carbonyl (C=O) groups is 1. The number of hydrogen-bond acceptors (Lipinski definition) is 5. The van der Waals surface area contributed by atoms with E-state index in [-0.39, 0.29) is 6.04 Å². The van der Waals surface area contributed by atoms with E-state index in [4.69, 9.17) is 5.11 Å². The third kappa shape index (κ3) is 3.23. The van der Waals surface area contributed by atoms with Gasteiger partial charge >= 0.3 is 5.97 Å². The molecule has 0 radical (unpaired) electrons. The van der Waals surface area contributed by atoms with Crippen molar-refractivity contribution in [3.63, 3.8) is 0 Å². The molecule has 0 aliphatic rings. The summed E-state index contributed by atoms with van der Waals surface area (Å²) in [5, 5.41) is 29.5. The second-order valence-corrected chi connectivity index (χ2v) is 4.73. The van der Waals surface area contributed by atoms with Crippen molar-refractivity contribution in [3.8, 4) is 6.07 Å². The lowest BCUT2D eigenvalue weighted by molar-refractivity contribution is -0.141. The van der Waals surface area contributed by atoms with Crippen molar-refractivity contribution >= 4 is 11.8 Å². The number of aromatic nitrogens is 2. The summed E-state index contributed by atoms with van der Waals surface area (Å²) >= 11 is 0. The van der Waals surface area contributed by atoms with Gasteiger partial charge in [0.25, 0.3) is 0 Å². The Morgan fingerprint density at radius 1 is 1.35 bits per heavy atom. The van der Waals surface area contributed by atoms with Crippen molar-refractivity contribution in [2.24, 2.45) is 5.92 Å². The zero-order chi connectivity index (χ0) is 15.3. The molecular weight excluding hydrogens is 256 g/mol. The molecule has 1 heterocycles. The maximum Gasteiger partial charge on any atom is 0.308 e. The Labute approximate surface area is 118 Å². The molecule has 2 N–H and O–H groups in total. The summed E-state index contributed by atoms with van der Waals surface area (Å²) in [6, 6.07) is 1.81. The summed E-state index contributed by atoms with van der Waals surface area (Å²) in [7, 11) is 0. The predicted molar refractivity (Wildman–Crippen MR) is 75.4 cm³/mol. The van der Waals surface area contributed by atoms with Gasteiger partial charge in [-0.1, -0.05) is 13.8 Å². The Hall–Kier alpha value is -2.16. The highest BCUT2D eigenvalue weighted by Gasteiger charge is 2.22. The van der Waals surface area contributed by atoms with E-state index in [2.05, 4.69) is 21.6 Å². The van der Waals surface area contributed by atoms with Crippen LogP contribution in [-0.4, -0.2) is 27.3 Å². The molecule has 0 fully saturated rings. The largest absolute Gasteiger partial charge is 0.481 e. The van der Waals surface area contributed by atoms with Crippen molar-refractivity contribution < 1.29 is 9.90 Å². The van der Waals surface area contributed by atoms with E-state index < -0.39 is 11.9 Å². The van der Waals surface area contributed by atoms with E-state index in [0.717, 1.165) is 11.3 Å². The van der Waals surface area contributed by atoms with E-state index in [0.29, 0.717) is 24.2 Å². The molecule has 0 aliphatic carbocycles. The first kappa shape index (κ1) is 15.9. The molecule has 0 spiro atoms. The van der Waals surface area contributed by atoms with Gasteiger partial charge in [0.05, 0.1) is 11.6 Å². The molecule has 2 unspecified atom stereocenters. The molecule has 1 rings (SSSR count). The molecule has 1 aromatic rings. The molecule has 0 saturated heterocycles. The second-order valence-electron chi connectivity index (χ2n) is 4.73. The fraction of sp³-hybridized carbons (Fsp3) is 0.571. The molecule has 108 valence electrons. The number of carboxylic acid groups (broad SMARTS) is 1. The Kier molecular flexibility index (Phi) is 5.44. The first-order chi connectivity index (χ1) is 9.46. The van der Waals surface area contributed by atoms with Crippen molar-refractivity contribution in [3.05, 3.63) is 16.8 Å². The average Bonchev–Trinajstić information content (AvgIpc) is 2.45. The Balaban J connectivity index is 3.14. The third-order valence-corrected chi connectivity index (χ3v) is 3.46. The summed E-state index contributed by atoms with van der Waals surface area (Å²) in [6.07, 6.45) is 1.41. The second kappa shape index (κ2) is 6.85. The van der Waals surface area contributed by atoms with E-state index >= 15 is 0 Å². The molecule has 2 atom stereocenters. The normalized spacial score (nSPS) is 13.3. The zero-order valence-corrected chi connectivity index (χ0v) is 12.3. The molecule has 20 heavy (non-hydrogen) atoms. The smallest absolute Gasteiger partial charge is 0.308 e. The zero-order valence-electron chi connectivity index (χ0n) is 12.3. The minimum absolute atomic E-state index is 0.342. The van der Waals surface area contributed by atoms with Crippen LogP contribution in [0.15, 0.2) is 0 Å². The molecule has 1 aromatic heterocycles. The summed E-state index contributed by atoms with van der Waals surface area (Å²) in [5.41, 5.74) is 2.15. The number of nitrogens with one attached hydrogen (secondary N) is 1. The van der Waals surface area contributed by atoms with Gasteiger partial charge in [0.1, 0.15) is 11.6 Å². The van der Waals surface area contributed by atoms with Crippen molar-refractivity contribution in [2.45, 2.75) is 46.6 Å². The van der Waals surface area contributed by atoms with Crippen LogP contribution >= 0.6 is 0 Å². The summed E-state index contributed by atoms with van der Waals surface area (Å²) < 4.78 is 0. The number of carboxylic acids is 1. The highest BCUT2D eigenvalue weighted by Crippen LogP contribution is 2.21. The summed E-state index contributed by atoms with van der Waals surface area (Å²) in [5.74, 6) is -1.11. The van der Waals surface area contributed by atoms with E-state index in [1.54, 1.807) is 13.8 Å². The molecule has 6 nitrogen and oxygen atoms in total. The SMILES string of the molecule is CCc1nnc(NC(C)C(C)C(=O)O)c(C#N)c1CC. The van der Waals surface area contributed by atoms with Crippen LogP contribution in [0.2, 0.25) is 0 Å².